The second-order valence-corrected chi connectivity index (χ2v) is 5.27. The highest BCUT2D eigenvalue weighted by Gasteiger charge is 2.46. The normalized spacial score (nSPS) is 19.7. The summed E-state index contributed by atoms with van der Waals surface area (Å²) in [5.74, 6) is 1.36. The molecule has 0 bridgehead atoms. The second-order valence-electron chi connectivity index (χ2n) is 5.27. The Kier molecular flexibility index (Phi) is 5.17. The fourth-order valence-electron chi connectivity index (χ4n) is 2.80. The molecular weight excluding hydrogens is 347 g/mol. The van der Waals surface area contributed by atoms with Gasteiger partial charge in [-0.3, -0.25) is 0 Å². The zero-order valence-corrected chi connectivity index (χ0v) is 13.7. The molecule has 0 radical (unpaired) electrons. The number of hydrogen-bond acceptors (Lipinski definition) is 4. The van der Waals surface area contributed by atoms with Crippen molar-refractivity contribution in [2.45, 2.75) is 24.7 Å². The molecule has 0 fully saturated rings. The van der Waals surface area contributed by atoms with Gasteiger partial charge in [0.25, 0.3) is 0 Å². The van der Waals surface area contributed by atoms with Crippen molar-refractivity contribution in [2.24, 2.45) is 0 Å². The number of halogens is 4. The predicted molar refractivity (Wildman–Crippen MR) is 77.8 cm³/mol. The van der Waals surface area contributed by atoms with Gasteiger partial charge in [0, 0.05) is 12.5 Å². The molecule has 9 heteroatoms. The molecule has 24 heavy (non-hydrogen) atoms. The molecule has 0 spiro atoms. The van der Waals surface area contributed by atoms with Crippen molar-refractivity contribution in [1.82, 2.24) is 9.78 Å². The number of alkyl halides is 3. The van der Waals surface area contributed by atoms with Crippen LogP contribution in [0.1, 0.15) is 24.1 Å². The molecule has 1 aliphatic heterocycles. The minimum Gasteiger partial charge on any atom is -1.00 e. The third-order valence-corrected chi connectivity index (χ3v) is 3.93. The average Bonchev–Trinajstić information content (AvgIpc) is 3.00. The third kappa shape index (κ3) is 3.24. The summed E-state index contributed by atoms with van der Waals surface area (Å²) in [5, 5.41) is 6.87. The van der Waals surface area contributed by atoms with Crippen LogP contribution in [0.15, 0.2) is 30.5 Å². The van der Waals surface area contributed by atoms with Crippen molar-refractivity contribution < 1.29 is 35.1 Å². The Bertz CT molecular complexity index is 706. The van der Waals surface area contributed by atoms with Crippen LogP contribution in [0.5, 0.6) is 11.5 Å². The van der Waals surface area contributed by atoms with Gasteiger partial charge in [-0.05, 0) is 17.7 Å². The molecule has 0 saturated heterocycles. The summed E-state index contributed by atoms with van der Waals surface area (Å²) in [7, 11) is 3.00. The molecule has 1 aliphatic rings. The molecule has 0 aliphatic carbocycles. The monoisotopic (exact) mass is 362 g/mol. The van der Waals surface area contributed by atoms with Gasteiger partial charge in [0.2, 0.25) is 0 Å². The zero-order valence-electron chi connectivity index (χ0n) is 13.0. The number of methoxy groups -OCH3 is 2. The van der Waals surface area contributed by atoms with Gasteiger partial charge in [-0.15, -0.1) is 0 Å². The number of nitrogens with one attached hydrogen (secondary N) is 1. The SMILES string of the molecule is COc1ccc([C@@H]2C[C@H](C(F)(F)F)n3nccc3N2)cc1OC.[Cl-]. The van der Waals surface area contributed by atoms with E-state index in [9.17, 15) is 13.2 Å². The lowest BCUT2D eigenvalue weighted by molar-refractivity contribution is -0.173. The van der Waals surface area contributed by atoms with Crippen LogP contribution in [0.25, 0.3) is 0 Å². The van der Waals surface area contributed by atoms with Gasteiger partial charge in [-0.25, -0.2) is 4.68 Å². The number of rotatable bonds is 3. The van der Waals surface area contributed by atoms with E-state index in [4.69, 9.17) is 9.47 Å². The molecule has 132 valence electrons. The van der Waals surface area contributed by atoms with E-state index < -0.39 is 18.3 Å². The molecule has 0 amide bonds. The molecule has 0 unspecified atom stereocenters. The number of ether oxygens (including phenoxy) is 2. The zero-order chi connectivity index (χ0) is 16.6. The Balaban J connectivity index is 0.00000208. The molecule has 5 nitrogen and oxygen atoms in total. The summed E-state index contributed by atoms with van der Waals surface area (Å²) >= 11 is 0. The first-order valence-corrected chi connectivity index (χ1v) is 7.02. The fourth-order valence-corrected chi connectivity index (χ4v) is 2.80. The Labute approximate surface area is 143 Å². The minimum atomic E-state index is -4.36. The van der Waals surface area contributed by atoms with Crippen LogP contribution in [0.2, 0.25) is 0 Å². The van der Waals surface area contributed by atoms with E-state index in [1.807, 2.05) is 0 Å². The quantitative estimate of drug-likeness (QED) is 0.867. The lowest BCUT2D eigenvalue weighted by Gasteiger charge is -2.33. The maximum atomic E-state index is 13.3. The van der Waals surface area contributed by atoms with E-state index in [2.05, 4.69) is 10.4 Å². The Morgan fingerprint density at radius 3 is 2.50 bits per heavy atom. The Morgan fingerprint density at radius 1 is 1.17 bits per heavy atom. The van der Waals surface area contributed by atoms with E-state index >= 15 is 0 Å². The van der Waals surface area contributed by atoms with Crippen LogP contribution in [0, 0.1) is 0 Å². The minimum absolute atomic E-state index is 0. The van der Waals surface area contributed by atoms with Gasteiger partial charge in [-0.2, -0.15) is 18.3 Å². The Morgan fingerprint density at radius 2 is 1.88 bits per heavy atom. The maximum absolute atomic E-state index is 13.3. The van der Waals surface area contributed by atoms with Crippen molar-refractivity contribution >= 4 is 5.82 Å². The molecule has 0 saturated carbocycles. The van der Waals surface area contributed by atoms with Gasteiger partial charge in [0.15, 0.2) is 17.5 Å². The summed E-state index contributed by atoms with van der Waals surface area (Å²) in [4.78, 5) is 0. The van der Waals surface area contributed by atoms with Crippen molar-refractivity contribution in [3.05, 3.63) is 36.0 Å². The van der Waals surface area contributed by atoms with Crippen LogP contribution in [0.3, 0.4) is 0 Å². The molecule has 3 rings (SSSR count). The molecule has 1 N–H and O–H groups in total. The van der Waals surface area contributed by atoms with Gasteiger partial charge >= 0.3 is 6.18 Å². The topological polar surface area (TPSA) is 48.3 Å². The summed E-state index contributed by atoms with van der Waals surface area (Å²) in [6.07, 6.45) is -3.15. The highest BCUT2D eigenvalue weighted by Crippen LogP contribution is 2.44. The molecular formula is C15H16ClF3N3O2-. The number of hydrogen-bond donors (Lipinski definition) is 1. The van der Waals surface area contributed by atoms with Crippen molar-refractivity contribution in [3.8, 4) is 11.5 Å². The van der Waals surface area contributed by atoms with E-state index in [0.717, 1.165) is 4.68 Å². The number of nitrogens with zero attached hydrogens (tertiary/aromatic N) is 2. The molecule has 2 heterocycles. The average molecular weight is 363 g/mol. The van der Waals surface area contributed by atoms with Gasteiger partial charge in [0.1, 0.15) is 5.82 Å². The summed E-state index contributed by atoms with van der Waals surface area (Å²) < 4.78 is 51.3. The van der Waals surface area contributed by atoms with Crippen molar-refractivity contribution in [3.63, 3.8) is 0 Å². The molecule has 2 aromatic rings. The largest absolute Gasteiger partial charge is 1.00 e. The maximum Gasteiger partial charge on any atom is 0.410 e. The predicted octanol–water partition coefficient (Wildman–Crippen LogP) is 0.565. The number of benzene rings is 1. The first kappa shape index (κ1) is 18.3. The summed E-state index contributed by atoms with van der Waals surface area (Å²) in [5.41, 5.74) is 0.698. The van der Waals surface area contributed by atoms with Gasteiger partial charge < -0.3 is 27.2 Å². The van der Waals surface area contributed by atoms with Crippen molar-refractivity contribution in [1.29, 1.82) is 0 Å². The van der Waals surface area contributed by atoms with Crippen molar-refractivity contribution in [2.75, 3.05) is 19.5 Å². The highest BCUT2D eigenvalue weighted by molar-refractivity contribution is 5.47. The van der Waals surface area contributed by atoms with Crippen LogP contribution < -0.4 is 27.2 Å². The molecule has 2 atom stereocenters. The van der Waals surface area contributed by atoms with E-state index in [0.29, 0.717) is 22.9 Å². The lowest BCUT2D eigenvalue weighted by atomic mass is 9.96. The molecule has 1 aromatic carbocycles. The number of anilines is 1. The molecule has 1 aromatic heterocycles. The lowest BCUT2D eigenvalue weighted by Crippen LogP contribution is -3.00. The highest BCUT2D eigenvalue weighted by atomic mass is 35.5. The fraction of sp³-hybridized carbons (Fsp3) is 0.400. The smallest absolute Gasteiger partial charge is 0.410 e. The summed E-state index contributed by atoms with van der Waals surface area (Å²) in [6.45, 7) is 0. The number of fused-ring (bicyclic) bond motifs is 1. The van der Waals surface area contributed by atoms with E-state index in [-0.39, 0.29) is 18.8 Å². The Hall–Kier alpha value is -2.09. The van der Waals surface area contributed by atoms with E-state index in [1.165, 1.54) is 26.5 Å². The second kappa shape index (κ2) is 6.80. The van der Waals surface area contributed by atoms with Crippen LogP contribution in [-0.4, -0.2) is 30.2 Å². The van der Waals surface area contributed by atoms with Crippen LogP contribution in [0.4, 0.5) is 19.0 Å². The van der Waals surface area contributed by atoms with Crippen LogP contribution >= 0.6 is 0 Å². The van der Waals surface area contributed by atoms with Gasteiger partial charge in [0.05, 0.1) is 26.5 Å². The first-order valence-electron chi connectivity index (χ1n) is 7.02. The summed E-state index contributed by atoms with van der Waals surface area (Å²) in [6, 6.07) is 4.49. The van der Waals surface area contributed by atoms with Gasteiger partial charge in [-0.1, -0.05) is 6.07 Å². The number of aromatic nitrogens is 2. The van der Waals surface area contributed by atoms with E-state index in [1.54, 1.807) is 18.2 Å². The standard InChI is InChI=1S/C15H16F3N3O2.ClH/c1-22-11-4-3-9(7-12(11)23-2)10-8-13(15(16,17)18)21-14(20-10)5-6-19-21;/h3-7,10,13,20H,8H2,1-2H3;1H/p-1/t10-,13+;/m0./s1. The first-order chi connectivity index (χ1) is 10.9. The third-order valence-electron chi connectivity index (χ3n) is 3.93. The van der Waals surface area contributed by atoms with Crippen LogP contribution in [-0.2, 0) is 0 Å².